The number of carbonyl (C=O) groups excluding carboxylic acids is 1. The number of nitrogens with zero attached hydrogens (tertiary/aromatic N) is 2. The molecule has 1 heterocycles. The summed E-state index contributed by atoms with van der Waals surface area (Å²) in [4.78, 5) is 18.3. The topological polar surface area (TPSA) is 66.0 Å². The summed E-state index contributed by atoms with van der Waals surface area (Å²) in [7, 11) is 1.74. The van der Waals surface area contributed by atoms with Crippen molar-refractivity contribution in [3.05, 3.63) is 29.8 Å². The summed E-state index contributed by atoms with van der Waals surface area (Å²) in [5.41, 5.74) is 2.12. The van der Waals surface area contributed by atoms with Gasteiger partial charge in [0.2, 0.25) is 5.91 Å². The lowest BCUT2D eigenvalue weighted by molar-refractivity contribution is -0.117. The first kappa shape index (κ1) is 23.7. The lowest BCUT2D eigenvalue weighted by Gasteiger charge is -2.16. The van der Waals surface area contributed by atoms with Crippen molar-refractivity contribution in [2.24, 2.45) is 4.99 Å². The number of unbranched alkanes of at least 4 members (excludes halogenated alkanes) is 2. The fourth-order valence-corrected chi connectivity index (χ4v) is 2.97. The van der Waals surface area contributed by atoms with Crippen LogP contribution in [0.25, 0.3) is 0 Å². The van der Waals surface area contributed by atoms with Gasteiger partial charge in [0.15, 0.2) is 5.96 Å². The van der Waals surface area contributed by atoms with Crippen molar-refractivity contribution >= 4 is 41.5 Å². The third-order valence-electron chi connectivity index (χ3n) is 4.40. The van der Waals surface area contributed by atoms with Crippen LogP contribution in [0.5, 0.6) is 0 Å². The van der Waals surface area contributed by atoms with Crippen LogP contribution in [0.15, 0.2) is 29.3 Å². The van der Waals surface area contributed by atoms with Gasteiger partial charge in [-0.3, -0.25) is 4.79 Å². The van der Waals surface area contributed by atoms with Gasteiger partial charge in [0.1, 0.15) is 0 Å². The fraction of sp³-hybridized carbons (Fsp3) is 0.600. The summed E-state index contributed by atoms with van der Waals surface area (Å²) < 4.78 is 5.06. The molecule has 0 aliphatic carbocycles. The molecule has 2 N–H and O–H groups in total. The van der Waals surface area contributed by atoms with E-state index in [4.69, 9.17) is 4.74 Å². The number of halogens is 1. The Balaban J connectivity index is 0.00000364. The molecule has 1 fully saturated rings. The second-order valence-electron chi connectivity index (χ2n) is 6.49. The largest absolute Gasteiger partial charge is 0.385 e. The van der Waals surface area contributed by atoms with Crippen LogP contribution in [0.2, 0.25) is 0 Å². The molecule has 1 saturated heterocycles. The summed E-state index contributed by atoms with van der Waals surface area (Å²) >= 11 is 0. The van der Waals surface area contributed by atoms with Crippen LogP contribution in [0.1, 0.15) is 44.6 Å². The van der Waals surface area contributed by atoms with Crippen LogP contribution in [0.3, 0.4) is 0 Å². The zero-order valence-electron chi connectivity index (χ0n) is 16.5. The molecule has 152 valence electrons. The number of benzene rings is 1. The van der Waals surface area contributed by atoms with Crippen molar-refractivity contribution in [3.63, 3.8) is 0 Å². The van der Waals surface area contributed by atoms with Crippen molar-refractivity contribution in [3.8, 4) is 0 Å². The minimum Gasteiger partial charge on any atom is -0.385 e. The Hall–Kier alpha value is -1.35. The van der Waals surface area contributed by atoms with Crippen molar-refractivity contribution in [1.82, 2.24) is 10.6 Å². The predicted molar refractivity (Wildman–Crippen MR) is 122 cm³/mol. The van der Waals surface area contributed by atoms with E-state index in [9.17, 15) is 4.79 Å². The lowest BCUT2D eigenvalue weighted by Crippen LogP contribution is -2.37. The molecular formula is C20H33IN4O2. The average molecular weight is 488 g/mol. The van der Waals surface area contributed by atoms with E-state index in [2.05, 4.69) is 34.7 Å². The first-order valence-electron chi connectivity index (χ1n) is 9.65. The molecule has 0 bridgehead atoms. The Kier molecular flexibility index (Phi) is 12.1. The van der Waals surface area contributed by atoms with Crippen LogP contribution in [0.4, 0.5) is 5.69 Å². The second kappa shape index (κ2) is 13.8. The minimum absolute atomic E-state index is 0. The number of anilines is 1. The maximum Gasteiger partial charge on any atom is 0.227 e. The summed E-state index contributed by atoms with van der Waals surface area (Å²) in [6.45, 7) is 6.09. The highest BCUT2D eigenvalue weighted by atomic mass is 127. The maximum atomic E-state index is 11.8. The van der Waals surface area contributed by atoms with Gasteiger partial charge in [-0.25, -0.2) is 4.99 Å². The molecule has 0 atom stereocenters. The van der Waals surface area contributed by atoms with Gasteiger partial charge >= 0.3 is 0 Å². The van der Waals surface area contributed by atoms with E-state index in [1.807, 2.05) is 17.0 Å². The molecule has 6 nitrogen and oxygen atoms in total. The van der Waals surface area contributed by atoms with Crippen LogP contribution in [-0.4, -0.2) is 45.2 Å². The third kappa shape index (κ3) is 8.47. The van der Waals surface area contributed by atoms with Crippen molar-refractivity contribution in [2.45, 2.75) is 45.6 Å². The molecule has 1 aromatic rings. The number of methoxy groups -OCH3 is 1. The van der Waals surface area contributed by atoms with Gasteiger partial charge < -0.3 is 20.3 Å². The van der Waals surface area contributed by atoms with E-state index in [-0.39, 0.29) is 29.9 Å². The van der Waals surface area contributed by atoms with E-state index < -0.39 is 0 Å². The van der Waals surface area contributed by atoms with Crippen molar-refractivity contribution < 1.29 is 9.53 Å². The molecule has 27 heavy (non-hydrogen) atoms. The smallest absolute Gasteiger partial charge is 0.227 e. The number of hydrogen-bond acceptors (Lipinski definition) is 3. The molecule has 1 amide bonds. The zero-order chi connectivity index (χ0) is 18.6. The highest BCUT2D eigenvalue weighted by Gasteiger charge is 2.21. The predicted octanol–water partition coefficient (Wildman–Crippen LogP) is 3.30. The molecule has 1 aliphatic heterocycles. The molecule has 1 aliphatic rings. The van der Waals surface area contributed by atoms with Crippen LogP contribution >= 0.6 is 24.0 Å². The van der Waals surface area contributed by atoms with Crippen LogP contribution < -0.4 is 15.5 Å². The van der Waals surface area contributed by atoms with Gasteiger partial charge in [-0.05, 0) is 50.3 Å². The highest BCUT2D eigenvalue weighted by Crippen LogP contribution is 2.21. The van der Waals surface area contributed by atoms with Gasteiger partial charge in [-0.1, -0.05) is 12.1 Å². The summed E-state index contributed by atoms with van der Waals surface area (Å²) in [6, 6.07) is 8.14. The van der Waals surface area contributed by atoms with Gasteiger partial charge in [0.05, 0.1) is 6.54 Å². The van der Waals surface area contributed by atoms with E-state index in [1.54, 1.807) is 7.11 Å². The minimum atomic E-state index is 0. The first-order valence-corrected chi connectivity index (χ1v) is 9.65. The number of aliphatic imine (C=N–C) groups is 1. The van der Waals surface area contributed by atoms with Crippen LogP contribution in [-0.2, 0) is 16.1 Å². The number of hydrogen-bond donors (Lipinski definition) is 2. The normalized spacial score (nSPS) is 14.2. The van der Waals surface area contributed by atoms with E-state index in [1.165, 1.54) is 0 Å². The van der Waals surface area contributed by atoms with E-state index >= 15 is 0 Å². The molecular weight excluding hydrogens is 455 g/mol. The molecule has 0 unspecified atom stereocenters. The standard InChI is InChI=1S/C20H32N4O2.HI/c1-3-21-20(22-13-5-4-6-15-26-2)23-16-17-9-11-18(12-10-17)24-14-7-8-19(24)25;/h9-12H,3-8,13-16H2,1-2H3,(H2,21,22,23);1H. The molecule has 0 radical (unpaired) electrons. The summed E-state index contributed by atoms with van der Waals surface area (Å²) in [5, 5.41) is 6.65. The van der Waals surface area contributed by atoms with Gasteiger partial charge in [-0.2, -0.15) is 0 Å². The molecule has 2 rings (SSSR count). The average Bonchev–Trinajstić information content (AvgIpc) is 3.09. The molecule has 0 spiro atoms. The van der Waals surface area contributed by atoms with Crippen molar-refractivity contribution in [2.75, 3.05) is 38.3 Å². The van der Waals surface area contributed by atoms with Crippen molar-refractivity contribution in [1.29, 1.82) is 0 Å². The number of amides is 1. The number of guanidine groups is 1. The summed E-state index contributed by atoms with van der Waals surface area (Å²) in [5.74, 6) is 1.07. The van der Waals surface area contributed by atoms with E-state index in [0.29, 0.717) is 13.0 Å². The number of carbonyl (C=O) groups is 1. The zero-order valence-corrected chi connectivity index (χ0v) is 18.8. The van der Waals surface area contributed by atoms with Gasteiger partial charge in [0.25, 0.3) is 0 Å². The van der Waals surface area contributed by atoms with Gasteiger partial charge in [0, 0.05) is 45.5 Å². The second-order valence-corrected chi connectivity index (χ2v) is 6.49. The molecule has 7 heteroatoms. The Bertz CT molecular complexity index is 578. The highest BCUT2D eigenvalue weighted by molar-refractivity contribution is 14.0. The molecule has 0 aromatic heterocycles. The Morgan fingerprint density at radius 3 is 2.59 bits per heavy atom. The Morgan fingerprint density at radius 1 is 1.19 bits per heavy atom. The quantitative estimate of drug-likeness (QED) is 0.230. The number of nitrogens with one attached hydrogen (secondary N) is 2. The SMILES string of the molecule is CCNC(=NCc1ccc(N2CCCC2=O)cc1)NCCCCCOC.I. The molecule has 0 saturated carbocycles. The van der Waals surface area contributed by atoms with E-state index in [0.717, 1.165) is 69.1 Å². The number of ether oxygens (including phenoxy) is 1. The first-order chi connectivity index (χ1) is 12.7. The maximum absolute atomic E-state index is 11.8. The lowest BCUT2D eigenvalue weighted by atomic mass is 10.2. The van der Waals surface area contributed by atoms with Crippen LogP contribution in [0, 0.1) is 0 Å². The summed E-state index contributed by atoms with van der Waals surface area (Å²) in [6.07, 6.45) is 4.96. The molecule has 1 aromatic carbocycles. The Labute approximate surface area is 180 Å². The fourth-order valence-electron chi connectivity index (χ4n) is 2.97. The number of rotatable bonds is 10. The Morgan fingerprint density at radius 2 is 1.96 bits per heavy atom. The third-order valence-corrected chi connectivity index (χ3v) is 4.40. The monoisotopic (exact) mass is 488 g/mol. The van der Waals surface area contributed by atoms with Gasteiger partial charge in [-0.15, -0.1) is 24.0 Å².